The number of fused-ring (bicyclic) bond motifs is 1. The first kappa shape index (κ1) is 35.4. The number of hydrogen-bond donors (Lipinski definition) is 2. The summed E-state index contributed by atoms with van der Waals surface area (Å²) < 4.78 is 17.3. The number of ether oxygens (including phenoxy) is 3. The number of carbonyl (C=O) groups excluding carboxylic acids is 1. The minimum absolute atomic E-state index is 0.139. The maximum atomic E-state index is 12.9. The fourth-order valence-corrected chi connectivity index (χ4v) is 6.15. The van der Waals surface area contributed by atoms with E-state index in [1.807, 2.05) is 78.9 Å². The van der Waals surface area contributed by atoms with E-state index >= 15 is 0 Å². The Morgan fingerprint density at radius 2 is 1.63 bits per heavy atom. The SMILES string of the molecule is COc1ccc(CCN(CC(COc2cccc3ccccc23)=C(c2ccc(C(=O)NOC3CCCCO3)cc2)C(C)(C)C)C(=O)O)cc1. The Bertz CT molecular complexity index is 1730. The van der Waals surface area contributed by atoms with Crippen LogP contribution in [0, 0.1) is 5.41 Å². The van der Waals surface area contributed by atoms with Gasteiger partial charge in [0, 0.05) is 37.1 Å². The van der Waals surface area contributed by atoms with Crippen molar-refractivity contribution in [1.82, 2.24) is 10.4 Å². The predicted octanol–water partition coefficient (Wildman–Crippen LogP) is 8.14. The Kier molecular flexibility index (Phi) is 11.9. The van der Waals surface area contributed by atoms with Crippen molar-refractivity contribution in [3.63, 3.8) is 0 Å². The Morgan fingerprint density at radius 3 is 2.31 bits per heavy atom. The molecule has 4 aromatic carbocycles. The number of amides is 2. The summed E-state index contributed by atoms with van der Waals surface area (Å²) >= 11 is 0. The van der Waals surface area contributed by atoms with Crippen LogP contribution in [0.2, 0.25) is 0 Å². The van der Waals surface area contributed by atoms with Gasteiger partial charge in [0.15, 0.2) is 6.29 Å². The number of methoxy groups -OCH3 is 1. The molecule has 9 nitrogen and oxygen atoms in total. The second-order valence-electron chi connectivity index (χ2n) is 13.2. The molecule has 0 aromatic heterocycles. The average molecular weight is 667 g/mol. The van der Waals surface area contributed by atoms with E-state index in [9.17, 15) is 14.7 Å². The summed E-state index contributed by atoms with van der Waals surface area (Å²) in [5, 5.41) is 12.4. The van der Waals surface area contributed by atoms with Gasteiger partial charge in [-0.3, -0.25) is 4.79 Å². The largest absolute Gasteiger partial charge is 0.497 e. The van der Waals surface area contributed by atoms with Gasteiger partial charge in [0.2, 0.25) is 0 Å². The third-order valence-corrected chi connectivity index (χ3v) is 8.59. The molecular formula is C40H46N2O7. The van der Waals surface area contributed by atoms with E-state index in [0.29, 0.717) is 25.1 Å². The van der Waals surface area contributed by atoms with Crippen LogP contribution in [-0.2, 0) is 16.0 Å². The Morgan fingerprint density at radius 1 is 0.918 bits per heavy atom. The summed E-state index contributed by atoms with van der Waals surface area (Å²) in [5.74, 6) is 1.11. The third-order valence-electron chi connectivity index (χ3n) is 8.59. The maximum Gasteiger partial charge on any atom is 0.407 e. The molecule has 49 heavy (non-hydrogen) atoms. The highest BCUT2D eigenvalue weighted by Gasteiger charge is 2.27. The van der Waals surface area contributed by atoms with Gasteiger partial charge in [-0.25, -0.2) is 15.1 Å². The summed E-state index contributed by atoms with van der Waals surface area (Å²) in [5.41, 5.74) is 6.21. The van der Waals surface area contributed by atoms with E-state index < -0.39 is 17.8 Å². The van der Waals surface area contributed by atoms with E-state index in [4.69, 9.17) is 19.0 Å². The number of rotatable bonds is 13. The zero-order valence-corrected chi connectivity index (χ0v) is 28.7. The maximum absolute atomic E-state index is 12.9. The molecule has 9 heteroatoms. The van der Waals surface area contributed by atoms with Gasteiger partial charge in [-0.2, -0.15) is 0 Å². The zero-order chi connectivity index (χ0) is 34.8. The number of hydroxylamine groups is 1. The fraction of sp³-hybridized carbons (Fsp3) is 0.350. The molecule has 258 valence electrons. The predicted molar refractivity (Wildman–Crippen MR) is 191 cm³/mol. The number of nitrogens with zero attached hydrogens (tertiary/aromatic N) is 1. The van der Waals surface area contributed by atoms with Crippen molar-refractivity contribution in [3.05, 3.63) is 113 Å². The quantitative estimate of drug-likeness (QED) is 0.139. The van der Waals surface area contributed by atoms with Crippen LogP contribution in [0.15, 0.2) is 96.6 Å². The van der Waals surface area contributed by atoms with Crippen LogP contribution in [0.5, 0.6) is 11.5 Å². The molecule has 0 saturated carbocycles. The van der Waals surface area contributed by atoms with Crippen LogP contribution in [0.4, 0.5) is 4.79 Å². The molecule has 0 spiro atoms. The number of nitrogens with one attached hydrogen (secondary N) is 1. The number of allylic oxidation sites excluding steroid dienone is 1. The molecule has 2 amide bonds. The molecule has 0 aliphatic carbocycles. The van der Waals surface area contributed by atoms with Crippen LogP contribution in [-0.4, -0.2) is 61.7 Å². The standard InChI is InChI=1S/C40H46N2O7/c1-40(2,3)37(30-17-19-31(20-18-30)38(43)41-49-36-14-7-8-25-47-36)32(27-48-35-13-9-11-29-10-5-6-12-34(29)35)26-42(39(44)45)24-23-28-15-21-33(46-4)22-16-28/h5-6,9-13,15-22,36H,7-8,14,23-27H2,1-4H3,(H,41,43)(H,44,45). The smallest absolute Gasteiger partial charge is 0.407 e. The van der Waals surface area contributed by atoms with Crippen LogP contribution in [0.1, 0.15) is 61.5 Å². The monoisotopic (exact) mass is 666 g/mol. The summed E-state index contributed by atoms with van der Waals surface area (Å²) in [7, 11) is 1.62. The fourth-order valence-electron chi connectivity index (χ4n) is 6.15. The lowest BCUT2D eigenvalue weighted by molar-refractivity contribution is -0.186. The van der Waals surface area contributed by atoms with Gasteiger partial charge in [-0.15, -0.1) is 0 Å². The molecule has 4 aromatic rings. The molecule has 5 rings (SSSR count). The van der Waals surface area contributed by atoms with E-state index in [1.165, 1.54) is 4.90 Å². The lowest BCUT2D eigenvalue weighted by atomic mass is 9.79. The molecule has 1 heterocycles. The van der Waals surface area contributed by atoms with Gasteiger partial charge in [-0.1, -0.05) is 81.4 Å². The second-order valence-corrected chi connectivity index (χ2v) is 13.2. The van der Waals surface area contributed by atoms with Gasteiger partial charge in [0.25, 0.3) is 5.91 Å². The summed E-state index contributed by atoms with van der Waals surface area (Å²) in [4.78, 5) is 32.5. The summed E-state index contributed by atoms with van der Waals surface area (Å²) in [6.45, 7) is 7.51. The number of hydrogen-bond acceptors (Lipinski definition) is 6. The molecule has 1 saturated heterocycles. The van der Waals surface area contributed by atoms with Crippen LogP contribution in [0.25, 0.3) is 16.3 Å². The zero-order valence-electron chi connectivity index (χ0n) is 28.7. The van der Waals surface area contributed by atoms with Gasteiger partial charge >= 0.3 is 6.09 Å². The van der Waals surface area contributed by atoms with Gasteiger partial charge < -0.3 is 24.2 Å². The Hall–Kier alpha value is -4.86. The molecule has 1 atom stereocenters. The number of carboxylic acid groups (broad SMARTS) is 1. The second kappa shape index (κ2) is 16.5. The van der Waals surface area contributed by atoms with E-state index in [2.05, 4.69) is 26.3 Å². The first-order chi connectivity index (χ1) is 23.6. The summed E-state index contributed by atoms with van der Waals surface area (Å²) in [6.07, 6.45) is 1.79. The highest BCUT2D eigenvalue weighted by Crippen LogP contribution is 2.38. The first-order valence-electron chi connectivity index (χ1n) is 16.7. The topological polar surface area (TPSA) is 107 Å². The van der Waals surface area contributed by atoms with Crippen molar-refractivity contribution >= 4 is 28.3 Å². The Labute approximate surface area is 288 Å². The molecule has 2 N–H and O–H groups in total. The molecule has 0 bridgehead atoms. The van der Waals surface area contributed by atoms with E-state index in [1.54, 1.807) is 19.2 Å². The van der Waals surface area contributed by atoms with Crippen LogP contribution in [0.3, 0.4) is 0 Å². The average Bonchev–Trinajstić information content (AvgIpc) is 3.11. The Balaban J connectivity index is 1.45. The van der Waals surface area contributed by atoms with Gasteiger partial charge in [0.05, 0.1) is 7.11 Å². The molecular weight excluding hydrogens is 620 g/mol. The lowest BCUT2D eigenvalue weighted by Crippen LogP contribution is -2.35. The highest BCUT2D eigenvalue weighted by molar-refractivity contribution is 5.94. The first-order valence-corrected chi connectivity index (χ1v) is 16.7. The van der Waals surface area contributed by atoms with Crippen LogP contribution >= 0.6 is 0 Å². The van der Waals surface area contributed by atoms with Crippen LogP contribution < -0.4 is 15.0 Å². The molecule has 1 unspecified atom stereocenters. The van der Waals surface area contributed by atoms with Crippen molar-refractivity contribution in [2.75, 3.05) is 33.4 Å². The molecule has 1 aliphatic rings. The lowest BCUT2D eigenvalue weighted by Gasteiger charge is -2.30. The van der Waals surface area contributed by atoms with Crippen molar-refractivity contribution < 1.29 is 33.7 Å². The van der Waals surface area contributed by atoms with Crippen molar-refractivity contribution in [1.29, 1.82) is 0 Å². The number of carbonyl (C=O) groups is 2. The van der Waals surface area contributed by atoms with E-state index in [0.717, 1.165) is 63.8 Å². The third kappa shape index (κ3) is 9.62. The van der Waals surface area contributed by atoms with Gasteiger partial charge in [-0.05, 0) is 82.7 Å². The van der Waals surface area contributed by atoms with Crippen molar-refractivity contribution in [2.45, 2.75) is 52.7 Å². The van der Waals surface area contributed by atoms with E-state index in [-0.39, 0.29) is 19.1 Å². The normalized spacial score (nSPS) is 15.3. The molecule has 1 fully saturated rings. The van der Waals surface area contributed by atoms with Gasteiger partial charge in [0.1, 0.15) is 18.1 Å². The molecule has 0 radical (unpaired) electrons. The number of benzene rings is 4. The highest BCUT2D eigenvalue weighted by atomic mass is 16.8. The van der Waals surface area contributed by atoms with Crippen molar-refractivity contribution in [3.8, 4) is 11.5 Å². The van der Waals surface area contributed by atoms with Crippen molar-refractivity contribution in [2.24, 2.45) is 5.41 Å². The molecule has 1 aliphatic heterocycles. The minimum Gasteiger partial charge on any atom is -0.497 e. The minimum atomic E-state index is -1.02. The summed E-state index contributed by atoms with van der Waals surface area (Å²) in [6, 6.07) is 28.9.